The number of halogens is 1. The summed E-state index contributed by atoms with van der Waals surface area (Å²) in [6.45, 7) is 6.40. The number of aliphatic hydroxyl groups excluding tert-OH is 1. The Bertz CT molecular complexity index is 590. The predicted molar refractivity (Wildman–Crippen MR) is 77.5 cm³/mol. The Kier molecular flexibility index (Phi) is 4.40. The fraction of sp³-hybridized carbons (Fsp3) is 0.400. The smallest absolute Gasteiger partial charge is 0.140 e. The van der Waals surface area contributed by atoms with E-state index < -0.39 is 5.82 Å². The molecular formula is C15H18FNO2S. The summed E-state index contributed by atoms with van der Waals surface area (Å²) in [6, 6.07) is 4.22. The molecule has 0 amide bonds. The van der Waals surface area contributed by atoms with Gasteiger partial charge >= 0.3 is 0 Å². The molecule has 0 aliphatic rings. The number of benzene rings is 1. The molecule has 0 radical (unpaired) electrons. The highest BCUT2D eigenvalue weighted by atomic mass is 32.1. The minimum Gasteiger partial charge on any atom is -0.486 e. The van der Waals surface area contributed by atoms with E-state index in [1.54, 1.807) is 6.07 Å². The van der Waals surface area contributed by atoms with Gasteiger partial charge in [-0.25, -0.2) is 9.37 Å². The fourth-order valence-corrected chi connectivity index (χ4v) is 2.59. The van der Waals surface area contributed by atoms with Crippen molar-refractivity contribution < 1.29 is 14.2 Å². The lowest BCUT2D eigenvalue weighted by molar-refractivity contribution is 0.276. The summed E-state index contributed by atoms with van der Waals surface area (Å²) in [6.07, 6.45) is 0. The van der Waals surface area contributed by atoms with E-state index in [0.717, 1.165) is 10.7 Å². The van der Waals surface area contributed by atoms with E-state index in [1.165, 1.54) is 23.5 Å². The SMILES string of the molecule is CC(C)(C)c1csc(COc2cc(F)cc(CO)c2)n1. The van der Waals surface area contributed by atoms with Gasteiger partial charge in [0.2, 0.25) is 0 Å². The van der Waals surface area contributed by atoms with Crippen LogP contribution in [0.2, 0.25) is 0 Å². The molecule has 1 aromatic carbocycles. The van der Waals surface area contributed by atoms with E-state index in [1.807, 2.05) is 5.38 Å². The van der Waals surface area contributed by atoms with Gasteiger partial charge in [0.05, 0.1) is 12.3 Å². The Labute approximate surface area is 122 Å². The molecule has 1 N–H and O–H groups in total. The van der Waals surface area contributed by atoms with Crippen LogP contribution in [-0.4, -0.2) is 10.1 Å². The van der Waals surface area contributed by atoms with Crippen LogP contribution in [0.25, 0.3) is 0 Å². The van der Waals surface area contributed by atoms with Crippen molar-refractivity contribution in [2.75, 3.05) is 0 Å². The van der Waals surface area contributed by atoms with Crippen molar-refractivity contribution in [2.24, 2.45) is 0 Å². The van der Waals surface area contributed by atoms with Gasteiger partial charge in [-0.15, -0.1) is 11.3 Å². The molecule has 20 heavy (non-hydrogen) atoms. The molecule has 0 unspecified atom stereocenters. The molecule has 0 aliphatic heterocycles. The third-order valence-electron chi connectivity index (χ3n) is 2.80. The predicted octanol–water partition coefficient (Wildman–Crippen LogP) is 3.65. The van der Waals surface area contributed by atoms with E-state index in [-0.39, 0.29) is 12.0 Å². The number of aliphatic hydroxyl groups is 1. The average Bonchev–Trinajstić information content (AvgIpc) is 2.84. The van der Waals surface area contributed by atoms with Crippen molar-refractivity contribution in [3.63, 3.8) is 0 Å². The first-order valence-corrected chi connectivity index (χ1v) is 7.24. The van der Waals surface area contributed by atoms with Gasteiger partial charge in [0, 0.05) is 16.9 Å². The Balaban J connectivity index is 2.05. The van der Waals surface area contributed by atoms with Gasteiger partial charge in [0.1, 0.15) is 23.2 Å². The van der Waals surface area contributed by atoms with Crippen LogP contribution in [0.1, 0.15) is 37.0 Å². The molecule has 0 aliphatic carbocycles. The molecule has 0 saturated carbocycles. The number of aromatic nitrogens is 1. The normalized spacial score (nSPS) is 11.7. The molecule has 108 valence electrons. The highest BCUT2D eigenvalue weighted by Crippen LogP contribution is 2.25. The minimum absolute atomic E-state index is 0.0116. The molecule has 1 aromatic heterocycles. The minimum atomic E-state index is -0.416. The van der Waals surface area contributed by atoms with Crippen LogP contribution in [0.4, 0.5) is 4.39 Å². The third-order valence-corrected chi connectivity index (χ3v) is 3.62. The Morgan fingerprint density at radius 1 is 1.30 bits per heavy atom. The Morgan fingerprint density at radius 3 is 2.65 bits per heavy atom. The van der Waals surface area contributed by atoms with Gasteiger partial charge < -0.3 is 9.84 Å². The van der Waals surface area contributed by atoms with Crippen LogP contribution in [-0.2, 0) is 18.6 Å². The lowest BCUT2D eigenvalue weighted by Gasteiger charge is -2.14. The molecule has 2 rings (SSSR count). The molecule has 0 saturated heterocycles. The zero-order valence-electron chi connectivity index (χ0n) is 11.8. The topological polar surface area (TPSA) is 42.4 Å². The lowest BCUT2D eigenvalue weighted by Crippen LogP contribution is -2.11. The Morgan fingerprint density at radius 2 is 2.05 bits per heavy atom. The molecule has 0 atom stereocenters. The van der Waals surface area contributed by atoms with E-state index in [4.69, 9.17) is 9.84 Å². The number of ether oxygens (including phenoxy) is 1. The van der Waals surface area contributed by atoms with Gasteiger partial charge in [0.15, 0.2) is 0 Å². The monoisotopic (exact) mass is 295 g/mol. The number of thiazole rings is 1. The summed E-state index contributed by atoms with van der Waals surface area (Å²) < 4.78 is 18.8. The molecule has 3 nitrogen and oxygen atoms in total. The summed E-state index contributed by atoms with van der Waals surface area (Å²) in [7, 11) is 0. The highest BCUT2D eigenvalue weighted by Gasteiger charge is 2.17. The zero-order chi connectivity index (χ0) is 14.8. The summed E-state index contributed by atoms with van der Waals surface area (Å²) in [5.74, 6) is -0.0115. The van der Waals surface area contributed by atoms with Crippen molar-refractivity contribution >= 4 is 11.3 Å². The van der Waals surface area contributed by atoms with Crippen molar-refractivity contribution in [3.8, 4) is 5.75 Å². The largest absolute Gasteiger partial charge is 0.486 e. The summed E-state index contributed by atoms with van der Waals surface area (Å²) in [5, 5.41) is 11.9. The number of hydrogen-bond acceptors (Lipinski definition) is 4. The van der Waals surface area contributed by atoms with Gasteiger partial charge in [-0.2, -0.15) is 0 Å². The number of rotatable bonds is 4. The molecule has 1 heterocycles. The first-order chi connectivity index (χ1) is 9.38. The second-order valence-electron chi connectivity index (χ2n) is 5.62. The van der Waals surface area contributed by atoms with E-state index in [2.05, 4.69) is 25.8 Å². The quantitative estimate of drug-likeness (QED) is 0.936. The molecule has 0 spiro atoms. The second kappa shape index (κ2) is 5.89. The van der Waals surface area contributed by atoms with E-state index in [0.29, 0.717) is 17.9 Å². The van der Waals surface area contributed by atoms with Crippen LogP contribution >= 0.6 is 11.3 Å². The number of nitrogens with zero attached hydrogens (tertiary/aromatic N) is 1. The summed E-state index contributed by atoms with van der Waals surface area (Å²) in [5.41, 5.74) is 1.53. The Hall–Kier alpha value is -1.46. The molecule has 0 bridgehead atoms. The molecule has 5 heteroatoms. The van der Waals surface area contributed by atoms with Crippen LogP contribution < -0.4 is 4.74 Å². The van der Waals surface area contributed by atoms with Crippen LogP contribution in [0, 0.1) is 5.82 Å². The van der Waals surface area contributed by atoms with Gasteiger partial charge in [-0.3, -0.25) is 0 Å². The van der Waals surface area contributed by atoms with Crippen LogP contribution in [0.15, 0.2) is 23.6 Å². The molecule has 0 fully saturated rings. The maximum atomic E-state index is 13.3. The van der Waals surface area contributed by atoms with Crippen LogP contribution in [0.3, 0.4) is 0 Å². The second-order valence-corrected chi connectivity index (χ2v) is 6.56. The van der Waals surface area contributed by atoms with Crippen molar-refractivity contribution in [2.45, 2.75) is 39.4 Å². The number of hydrogen-bond donors (Lipinski definition) is 1. The summed E-state index contributed by atoms with van der Waals surface area (Å²) in [4.78, 5) is 4.51. The lowest BCUT2D eigenvalue weighted by atomic mass is 9.93. The van der Waals surface area contributed by atoms with Crippen molar-refractivity contribution in [1.29, 1.82) is 0 Å². The van der Waals surface area contributed by atoms with Gasteiger partial charge in [0.25, 0.3) is 0 Å². The standard InChI is InChI=1S/C15H18FNO2S/c1-15(2,3)13-9-20-14(17-13)8-19-12-5-10(7-18)4-11(16)6-12/h4-6,9,18H,7-8H2,1-3H3. The van der Waals surface area contributed by atoms with E-state index in [9.17, 15) is 4.39 Å². The van der Waals surface area contributed by atoms with Gasteiger partial charge in [-0.05, 0) is 17.7 Å². The maximum Gasteiger partial charge on any atom is 0.140 e. The fourth-order valence-electron chi connectivity index (χ4n) is 1.66. The highest BCUT2D eigenvalue weighted by molar-refractivity contribution is 7.09. The first-order valence-electron chi connectivity index (χ1n) is 6.36. The summed E-state index contributed by atoms with van der Waals surface area (Å²) >= 11 is 1.53. The zero-order valence-corrected chi connectivity index (χ0v) is 12.6. The molecular weight excluding hydrogens is 277 g/mol. The molecule has 2 aromatic rings. The first kappa shape index (κ1) is 14.9. The third kappa shape index (κ3) is 3.77. The average molecular weight is 295 g/mol. The van der Waals surface area contributed by atoms with Crippen molar-refractivity contribution in [1.82, 2.24) is 4.98 Å². The van der Waals surface area contributed by atoms with Crippen LogP contribution in [0.5, 0.6) is 5.75 Å². The van der Waals surface area contributed by atoms with Gasteiger partial charge in [-0.1, -0.05) is 20.8 Å². The van der Waals surface area contributed by atoms with Crippen molar-refractivity contribution in [3.05, 3.63) is 45.7 Å². The van der Waals surface area contributed by atoms with E-state index >= 15 is 0 Å². The maximum absolute atomic E-state index is 13.3.